The van der Waals surface area contributed by atoms with Crippen LogP contribution in [0.3, 0.4) is 0 Å². The maximum Gasteiger partial charge on any atom is 0.420 e. The van der Waals surface area contributed by atoms with Crippen molar-refractivity contribution >= 4 is 34.6 Å². The van der Waals surface area contributed by atoms with Crippen LogP contribution in [0.5, 0.6) is 0 Å². The first kappa shape index (κ1) is 27.2. The molecule has 1 aliphatic rings. The predicted molar refractivity (Wildman–Crippen MR) is 147 cm³/mol. The van der Waals surface area contributed by atoms with E-state index >= 15 is 0 Å². The first-order chi connectivity index (χ1) is 18.9. The topological polar surface area (TPSA) is 89.4 Å². The summed E-state index contributed by atoms with van der Waals surface area (Å²) in [5.74, 6) is 0.358. The van der Waals surface area contributed by atoms with Crippen molar-refractivity contribution in [2.24, 2.45) is 5.41 Å². The second-order valence-corrected chi connectivity index (χ2v) is 10.9. The number of nitrogens with zero attached hydrogens (tertiary/aromatic N) is 2. The fraction of sp³-hybridized carbons (Fsp3) is 0.258. The third-order valence-corrected chi connectivity index (χ3v) is 6.85. The van der Waals surface area contributed by atoms with Crippen LogP contribution in [-0.2, 0) is 17.4 Å². The lowest BCUT2D eigenvalue weighted by molar-refractivity contribution is -0.136. The maximum absolute atomic E-state index is 14.0. The molecule has 1 fully saturated rings. The molecule has 0 aliphatic carbocycles. The van der Waals surface area contributed by atoms with Crippen LogP contribution in [0.2, 0.25) is 0 Å². The lowest BCUT2D eigenvalue weighted by atomic mass is 9.84. The van der Waals surface area contributed by atoms with Gasteiger partial charge in [-0.15, -0.1) is 0 Å². The van der Waals surface area contributed by atoms with Gasteiger partial charge in [-0.1, -0.05) is 26.0 Å². The molecule has 1 aliphatic heterocycles. The molecule has 40 heavy (non-hydrogen) atoms. The molecule has 1 saturated heterocycles. The van der Waals surface area contributed by atoms with E-state index in [9.17, 15) is 22.8 Å². The Morgan fingerprint density at radius 2 is 1.77 bits per heavy atom. The average molecular weight is 548 g/mol. The average Bonchev–Trinajstić information content (AvgIpc) is 3.31. The smallest absolute Gasteiger partial charge is 0.420 e. The van der Waals surface area contributed by atoms with Gasteiger partial charge in [0.25, 0.3) is 5.91 Å². The number of aryl methyl sites for hydroxylation is 1. The van der Waals surface area contributed by atoms with Gasteiger partial charge in [0.2, 0.25) is 0 Å². The van der Waals surface area contributed by atoms with Gasteiger partial charge in [0.05, 0.1) is 5.56 Å². The Kier molecular flexibility index (Phi) is 6.99. The van der Waals surface area contributed by atoms with E-state index in [2.05, 4.69) is 18.8 Å². The molecule has 3 heterocycles. The number of benzene rings is 2. The molecule has 0 spiro atoms. The number of amides is 1. The van der Waals surface area contributed by atoms with Crippen molar-refractivity contribution in [2.75, 3.05) is 18.8 Å². The molecule has 2 aromatic carbocycles. The quantitative estimate of drug-likeness (QED) is 0.257. The lowest BCUT2D eigenvalue weighted by Crippen LogP contribution is -2.55. The first-order valence-electron chi connectivity index (χ1n) is 12.8. The van der Waals surface area contributed by atoms with E-state index in [-0.39, 0.29) is 41.3 Å². The van der Waals surface area contributed by atoms with Gasteiger partial charge < -0.3 is 15.1 Å². The number of nitrogen functional groups attached to an aromatic ring is 1. The molecule has 0 atom stereocenters. The molecular formula is C31H28F3N3O3. The van der Waals surface area contributed by atoms with Crippen LogP contribution in [0.15, 0.2) is 71.3 Å². The van der Waals surface area contributed by atoms with Crippen molar-refractivity contribution in [3.8, 4) is 11.1 Å². The summed E-state index contributed by atoms with van der Waals surface area (Å²) in [5.41, 5.74) is 6.59. The van der Waals surface area contributed by atoms with E-state index in [4.69, 9.17) is 10.2 Å². The normalized spacial score (nSPS) is 15.0. The second-order valence-electron chi connectivity index (χ2n) is 10.9. The molecule has 6 nitrogen and oxygen atoms in total. The summed E-state index contributed by atoms with van der Waals surface area (Å²) in [7, 11) is 0. The third kappa shape index (κ3) is 5.93. The summed E-state index contributed by atoms with van der Waals surface area (Å²) in [5, 5.41) is 0.290. The zero-order chi connectivity index (χ0) is 28.7. The van der Waals surface area contributed by atoms with E-state index < -0.39 is 11.7 Å². The highest BCUT2D eigenvalue weighted by Crippen LogP contribution is 2.40. The molecular weight excluding hydrogens is 519 g/mol. The minimum absolute atomic E-state index is 0.0661. The van der Waals surface area contributed by atoms with E-state index in [0.29, 0.717) is 46.5 Å². The highest BCUT2D eigenvalue weighted by Gasteiger charge is 2.37. The number of halogens is 3. The van der Waals surface area contributed by atoms with Crippen molar-refractivity contribution in [3.63, 3.8) is 0 Å². The number of hydrogen-bond donors (Lipinski definition) is 1. The second kappa shape index (κ2) is 10.3. The molecule has 4 aromatic rings. The molecule has 0 unspecified atom stereocenters. The van der Waals surface area contributed by atoms with Crippen LogP contribution < -0.4 is 5.73 Å². The SMILES string of the molecule is CC1(C)CN(C(=O)c2ccc(-c3cc(C(F)(F)F)c4oc(CCC(=O)/C=C/c5ccc(N)nc5)cc4c3)cc2)C1. The number of nitrogens with two attached hydrogens (primary N) is 1. The summed E-state index contributed by atoms with van der Waals surface area (Å²) >= 11 is 0. The summed E-state index contributed by atoms with van der Waals surface area (Å²) in [6, 6.07) is 14.2. The van der Waals surface area contributed by atoms with E-state index in [0.717, 1.165) is 6.07 Å². The van der Waals surface area contributed by atoms with Crippen LogP contribution in [0.4, 0.5) is 19.0 Å². The van der Waals surface area contributed by atoms with Crippen LogP contribution in [0.25, 0.3) is 28.2 Å². The number of ketones is 1. The molecule has 2 aromatic heterocycles. The largest absolute Gasteiger partial charge is 0.460 e. The monoisotopic (exact) mass is 547 g/mol. The van der Waals surface area contributed by atoms with Gasteiger partial charge in [-0.25, -0.2) is 4.98 Å². The molecule has 206 valence electrons. The van der Waals surface area contributed by atoms with Gasteiger partial charge in [-0.05, 0) is 76.7 Å². The number of aromatic nitrogens is 1. The number of carbonyl (C=O) groups is 2. The molecule has 5 rings (SSSR count). The first-order valence-corrected chi connectivity index (χ1v) is 12.8. The Hall–Kier alpha value is -4.40. The van der Waals surface area contributed by atoms with Crippen molar-refractivity contribution < 1.29 is 27.2 Å². The number of anilines is 1. The summed E-state index contributed by atoms with van der Waals surface area (Å²) < 4.78 is 47.6. The maximum atomic E-state index is 14.0. The lowest BCUT2D eigenvalue weighted by Gasteiger charge is -2.45. The van der Waals surface area contributed by atoms with Crippen LogP contribution >= 0.6 is 0 Å². The van der Waals surface area contributed by atoms with Crippen molar-refractivity contribution in [3.05, 3.63) is 89.3 Å². The molecule has 2 N–H and O–H groups in total. The Balaban J connectivity index is 1.34. The number of carbonyl (C=O) groups excluding carboxylic acids is 2. The van der Waals surface area contributed by atoms with Gasteiger partial charge >= 0.3 is 6.18 Å². The van der Waals surface area contributed by atoms with Crippen molar-refractivity contribution in [1.82, 2.24) is 9.88 Å². The van der Waals surface area contributed by atoms with Crippen LogP contribution in [0.1, 0.15) is 47.5 Å². The van der Waals surface area contributed by atoms with Crippen LogP contribution in [-0.4, -0.2) is 34.7 Å². The Bertz CT molecular complexity index is 1590. The summed E-state index contributed by atoms with van der Waals surface area (Å²) in [6.45, 7) is 5.52. The fourth-order valence-electron chi connectivity index (χ4n) is 4.86. The number of allylic oxidation sites excluding steroid dienone is 1. The standard InChI is InChI=1S/C31H28F3N3O3/c1-30(2)17-37(18-30)29(39)21-7-5-20(6-8-21)22-13-23-14-25(40-28(23)26(15-22)31(32,33)34)11-10-24(38)9-3-19-4-12-27(35)36-16-19/h3-9,12-16H,10-11,17-18H2,1-2H3,(H2,35,36)/b9-3+. The molecule has 0 radical (unpaired) electrons. The number of pyridine rings is 1. The Labute approximate surface area is 229 Å². The molecule has 0 bridgehead atoms. The molecule has 1 amide bonds. The van der Waals surface area contributed by atoms with Crippen LogP contribution in [0, 0.1) is 5.41 Å². The number of likely N-dealkylation sites (tertiary alicyclic amines) is 1. The highest BCUT2D eigenvalue weighted by molar-refractivity contribution is 5.96. The zero-order valence-electron chi connectivity index (χ0n) is 22.1. The van der Waals surface area contributed by atoms with Gasteiger partial charge in [-0.3, -0.25) is 9.59 Å². The minimum Gasteiger partial charge on any atom is -0.460 e. The number of furan rings is 1. The Morgan fingerprint density at radius 3 is 2.40 bits per heavy atom. The highest BCUT2D eigenvalue weighted by atomic mass is 19.4. The summed E-state index contributed by atoms with van der Waals surface area (Å²) in [6.07, 6.45) is 0.102. The predicted octanol–water partition coefficient (Wildman–Crippen LogP) is 6.79. The van der Waals surface area contributed by atoms with Crippen molar-refractivity contribution in [2.45, 2.75) is 32.9 Å². The number of fused-ring (bicyclic) bond motifs is 1. The van der Waals surface area contributed by atoms with Gasteiger partial charge in [-0.2, -0.15) is 13.2 Å². The molecule has 0 saturated carbocycles. The number of hydrogen-bond acceptors (Lipinski definition) is 5. The third-order valence-electron chi connectivity index (χ3n) is 6.85. The minimum atomic E-state index is -4.64. The van der Waals surface area contributed by atoms with E-state index in [1.165, 1.54) is 12.3 Å². The van der Waals surface area contributed by atoms with Crippen molar-refractivity contribution in [1.29, 1.82) is 0 Å². The summed E-state index contributed by atoms with van der Waals surface area (Å²) in [4.78, 5) is 30.7. The number of alkyl halides is 3. The van der Waals surface area contributed by atoms with Gasteiger partial charge in [0.1, 0.15) is 17.2 Å². The Morgan fingerprint density at radius 1 is 1.05 bits per heavy atom. The fourth-order valence-corrected chi connectivity index (χ4v) is 4.86. The van der Waals surface area contributed by atoms with Gasteiger partial charge in [0, 0.05) is 43.1 Å². The van der Waals surface area contributed by atoms with E-state index in [1.54, 1.807) is 59.5 Å². The molecule has 9 heteroatoms. The zero-order valence-corrected chi connectivity index (χ0v) is 22.1. The number of rotatable bonds is 7. The van der Waals surface area contributed by atoms with E-state index in [1.807, 2.05) is 0 Å². The van der Waals surface area contributed by atoms with Gasteiger partial charge in [0.15, 0.2) is 5.78 Å².